The molecule has 0 radical (unpaired) electrons. The van der Waals surface area contributed by atoms with Crippen molar-refractivity contribution in [2.45, 2.75) is 28.9 Å². The Morgan fingerprint density at radius 3 is 2.25 bits per heavy atom. The number of hydrogen-bond donors (Lipinski definition) is 2. The molecule has 3 heteroatoms. The maximum absolute atomic E-state index is 9.04. The van der Waals surface area contributed by atoms with E-state index >= 15 is 0 Å². The summed E-state index contributed by atoms with van der Waals surface area (Å²) in [5.74, 6) is 0. The van der Waals surface area contributed by atoms with Crippen LogP contribution < -0.4 is 5.73 Å². The molecule has 0 aromatic rings. The number of nitrogens with two attached hydrogens (primary N) is 1. The van der Waals surface area contributed by atoms with Crippen molar-refractivity contribution in [2.24, 2.45) is 5.73 Å². The van der Waals surface area contributed by atoms with Crippen LogP contribution in [0.1, 0.15) is 12.8 Å². The van der Waals surface area contributed by atoms with Crippen LogP contribution in [-0.2, 0) is 0 Å². The summed E-state index contributed by atoms with van der Waals surface area (Å²) in [5.41, 5.74) is 5.51. The smallest absolute Gasteiger partial charge is 0.0701 e. The monoisotopic (exact) mass is 227 g/mol. The van der Waals surface area contributed by atoms with Crippen molar-refractivity contribution in [3.63, 3.8) is 0 Å². The predicted octanol–water partition coefficient (Wildman–Crippen LogP) is 0.272. The van der Waals surface area contributed by atoms with E-state index in [1.807, 2.05) is 0 Å². The molecule has 0 aromatic heterocycles. The van der Waals surface area contributed by atoms with Crippen molar-refractivity contribution in [1.29, 1.82) is 0 Å². The molecule has 48 valence electrons. The van der Waals surface area contributed by atoms with Gasteiger partial charge in [0, 0.05) is 9.97 Å². The lowest BCUT2D eigenvalue weighted by Crippen LogP contribution is -2.28. The molecule has 1 aliphatic carbocycles. The van der Waals surface area contributed by atoms with Gasteiger partial charge in [0.05, 0.1) is 6.10 Å². The van der Waals surface area contributed by atoms with Crippen molar-refractivity contribution >= 4 is 22.6 Å². The average Bonchev–Trinajstić information content (AvgIpc) is 1.85. The van der Waals surface area contributed by atoms with Gasteiger partial charge in [0.2, 0.25) is 0 Å². The van der Waals surface area contributed by atoms with Crippen molar-refractivity contribution in [2.75, 3.05) is 0 Å². The molecule has 2 nitrogen and oxygen atoms in total. The van der Waals surface area contributed by atoms with Crippen LogP contribution in [0.25, 0.3) is 0 Å². The van der Waals surface area contributed by atoms with Crippen molar-refractivity contribution < 1.29 is 5.11 Å². The number of hydrogen-bond acceptors (Lipinski definition) is 2. The summed E-state index contributed by atoms with van der Waals surface area (Å²) in [6, 6.07) is 0.0388. The van der Waals surface area contributed by atoms with Crippen LogP contribution >= 0.6 is 22.6 Å². The number of rotatable bonds is 0. The zero-order chi connectivity index (χ0) is 6.15. The Labute approximate surface area is 62.6 Å². The van der Waals surface area contributed by atoms with Gasteiger partial charge in [-0.25, -0.2) is 0 Å². The summed E-state index contributed by atoms with van der Waals surface area (Å²) >= 11 is 2.32. The Morgan fingerprint density at radius 1 is 1.50 bits per heavy atom. The molecule has 1 saturated carbocycles. The number of aliphatic hydroxyl groups excluding tert-OH is 1. The van der Waals surface area contributed by atoms with Gasteiger partial charge < -0.3 is 10.8 Å². The van der Waals surface area contributed by atoms with Gasteiger partial charge in [0.1, 0.15) is 0 Å². The van der Waals surface area contributed by atoms with Gasteiger partial charge in [-0.1, -0.05) is 22.6 Å². The van der Waals surface area contributed by atoms with Gasteiger partial charge in [0.15, 0.2) is 0 Å². The zero-order valence-corrected chi connectivity index (χ0v) is 6.71. The van der Waals surface area contributed by atoms with Crippen LogP contribution in [0.3, 0.4) is 0 Å². The van der Waals surface area contributed by atoms with Crippen molar-refractivity contribution in [3.8, 4) is 0 Å². The van der Waals surface area contributed by atoms with Crippen LogP contribution in [0.2, 0.25) is 0 Å². The first-order valence-corrected chi connectivity index (χ1v) is 4.02. The summed E-state index contributed by atoms with van der Waals surface area (Å²) in [6.45, 7) is 0. The highest BCUT2D eigenvalue weighted by atomic mass is 127. The molecule has 0 aromatic carbocycles. The quantitative estimate of drug-likeness (QED) is 0.461. The SMILES string of the molecule is NC1CC(I)CC1O. The van der Waals surface area contributed by atoms with E-state index in [-0.39, 0.29) is 12.1 Å². The second kappa shape index (κ2) is 2.49. The fourth-order valence-electron chi connectivity index (χ4n) is 0.985. The minimum Gasteiger partial charge on any atom is -0.391 e. The van der Waals surface area contributed by atoms with Crippen LogP contribution in [0, 0.1) is 0 Å². The lowest BCUT2D eigenvalue weighted by atomic mass is 10.2. The Kier molecular flexibility index (Phi) is 2.11. The molecule has 0 bridgehead atoms. The van der Waals surface area contributed by atoms with E-state index in [0.717, 1.165) is 12.8 Å². The molecule has 1 fully saturated rings. The molecule has 0 spiro atoms. The topological polar surface area (TPSA) is 46.2 Å². The third-order valence-electron chi connectivity index (χ3n) is 1.52. The largest absolute Gasteiger partial charge is 0.391 e. The molecule has 3 N–H and O–H groups in total. The van der Waals surface area contributed by atoms with Gasteiger partial charge in [-0.2, -0.15) is 0 Å². The molecule has 1 aliphatic rings. The second-order valence-electron chi connectivity index (χ2n) is 2.30. The van der Waals surface area contributed by atoms with Crippen molar-refractivity contribution in [1.82, 2.24) is 0 Å². The Morgan fingerprint density at radius 2 is 2.12 bits per heavy atom. The molecule has 1 rings (SSSR count). The lowest BCUT2D eigenvalue weighted by molar-refractivity contribution is 0.166. The third kappa shape index (κ3) is 1.33. The predicted molar refractivity (Wildman–Crippen MR) is 41.0 cm³/mol. The summed E-state index contributed by atoms with van der Waals surface area (Å²) in [4.78, 5) is 0. The summed E-state index contributed by atoms with van der Waals surface area (Å²) < 4.78 is 0.595. The van der Waals surface area contributed by atoms with Crippen molar-refractivity contribution in [3.05, 3.63) is 0 Å². The summed E-state index contributed by atoms with van der Waals surface area (Å²) in [6.07, 6.45) is 1.61. The van der Waals surface area contributed by atoms with Gasteiger partial charge in [-0.15, -0.1) is 0 Å². The van der Waals surface area contributed by atoms with E-state index < -0.39 is 0 Å². The third-order valence-corrected chi connectivity index (χ3v) is 2.54. The van der Waals surface area contributed by atoms with Crippen LogP contribution in [0.5, 0.6) is 0 Å². The average molecular weight is 227 g/mol. The van der Waals surface area contributed by atoms with E-state index in [4.69, 9.17) is 10.8 Å². The Hall–Kier alpha value is 0.650. The first-order chi connectivity index (χ1) is 3.70. The first-order valence-electron chi connectivity index (χ1n) is 2.78. The molecule has 0 heterocycles. The molecule has 3 unspecified atom stereocenters. The number of halogens is 1. The fraction of sp³-hybridized carbons (Fsp3) is 1.00. The number of alkyl halides is 1. The minimum atomic E-state index is -0.239. The number of aliphatic hydroxyl groups is 1. The van der Waals surface area contributed by atoms with E-state index in [1.165, 1.54) is 0 Å². The van der Waals surface area contributed by atoms with E-state index in [9.17, 15) is 0 Å². The first kappa shape index (κ1) is 6.77. The highest BCUT2D eigenvalue weighted by Gasteiger charge is 2.27. The van der Waals surface area contributed by atoms with Crippen LogP contribution in [-0.4, -0.2) is 21.2 Å². The van der Waals surface area contributed by atoms with E-state index in [0.29, 0.717) is 3.92 Å². The highest BCUT2D eigenvalue weighted by Crippen LogP contribution is 2.24. The fourth-order valence-corrected chi connectivity index (χ4v) is 2.09. The van der Waals surface area contributed by atoms with Gasteiger partial charge in [-0.05, 0) is 12.8 Å². The van der Waals surface area contributed by atoms with E-state index in [2.05, 4.69) is 22.6 Å². The second-order valence-corrected chi connectivity index (χ2v) is 4.06. The van der Waals surface area contributed by atoms with Crippen LogP contribution in [0.15, 0.2) is 0 Å². The molecule has 0 saturated heterocycles. The summed E-state index contributed by atoms with van der Waals surface area (Å²) in [7, 11) is 0. The zero-order valence-electron chi connectivity index (χ0n) is 4.55. The molecule has 0 amide bonds. The Balaban J connectivity index is 2.39. The normalized spacial score (nSPS) is 47.6. The molecule has 3 atom stereocenters. The van der Waals surface area contributed by atoms with Crippen LogP contribution in [0.4, 0.5) is 0 Å². The van der Waals surface area contributed by atoms with Gasteiger partial charge in [-0.3, -0.25) is 0 Å². The molecular weight excluding hydrogens is 217 g/mol. The summed E-state index contributed by atoms with van der Waals surface area (Å²) in [5, 5.41) is 9.04. The molecular formula is C5H10INO. The van der Waals surface area contributed by atoms with Gasteiger partial charge >= 0.3 is 0 Å². The maximum Gasteiger partial charge on any atom is 0.0701 e. The molecule has 8 heavy (non-hydrogen) atoms. The van der Waals surface area contributed by atoms with E-state index in [1.54, 1.807) is 0 Å². The lowest BCUT2D eigenvalue weighted by Gasteiger charge is -2.04. The maximum atomic E-state index is 9.04. The Bertz CT molecular complexity index is 78.5. The highest BCUT2D eigenvalue weighted by molar-refractivity contribution is 14.1. The van der Waals surface area contributed by atoms with Gasteiger partial charge in [0.25, 0.3) is 0 Å². The minimum absolute atomic E-state index is 0.0388. The molecule has 0 aliphatic heterocycles. The standard InChI is InChI=1S/C5H10INO/c6-3-1-4(7)5(8)2-3/h3-5,8H,1-2,7H2.